The predicted molar refractivity (Wildman–Crippen MR) is 140 cm³/mol. The van der Waals surface area contributed by atoms with Crippen molar-refractivity contribution in [2.75, 3.05) is 5.32 Å². The largest absolute Gasteiger partial charge is 0.472 e. The van der Waals surface area contributed by atoms with Crippen LogP contribution in [0.3, 0.4) is 0 Å². The van der Waals surface area contributed by atoms with Gasteiger partial charge in [0.1, 0.15) is 16.9 Å². The first-order valence-corrected chi connectivity index (χ1v) is 12.3. The van der Waals surface area contributed by atoms with Gasteiger partial charge in [0.2, 0.25) is 5.91 Å². The quantitative estimate of drug-likeness (QED) is 0.275. The molecule has 6 heterocycles. The summed E-state index contributed by atoms with van der Waals surface area (Å²) < 4.78 is 5.28. The van der Waals surface area contributed by atoms with E-state index in [1.165, 1.54) is 0 Å². The second-order valence-electron chi connectivity index (χ2n) is 9.41. The second kappa shape index (κ2) is 8.70. The number of hydrogen-bond donors (Lipinski definition) is 3. The molecule has 182 valence electrons. The van der Waals surface area contributed by atoms with E-state index < -0.39 is 0 Å². The molecule has 3 N–H and O–H groups in total. The molecule has 1 amide bonds. The Kier molecular flexibility index (Phi) is 5.05. The van der Waals surface area contributed by atoms with Crippen molar-refractivity contribution in [1.29, 1.82) is 0 Å². The van der Waals surface area contributed by atoms with Crippen molar-refractivity contribution in [2.24, 2.45) is 5.92 Å². The third-order valence-corrected chi connectivity index (χ3v) is 7.05. The molecule has 1 aliphatic carbocycles. The van der Waals surface area contributed by atoms with Crippen LogP contribution in [0.2, 0.25) is 0 Å². The molecule has 0 unspecified atom stereocenters. The van der Waals surface area contributed by atoms with E-state index in [9.17, 15) is 4.79 Å². The number of carbonyl (C=O) groups is 1. The van der Waals surface area contributed by atoms with E-state index >= 15 is 0 Å². The molecular formula is C28H23N7O2. The topological polar surface area (TPSA) is 125 Å². The third kappa shape index (κ3) is 3.85. The zero-order chi connectivity index (χ0) is 24.8. The van der Waals surface area contributed by atoms with Crippen LogP contribution < -0.4 is 5.32 Å². The van der Waals surface area contributed by atoms with Crippen LogP contribution in [0.4, 0.5) is 5.69 Å². The number of aromatic nitrogens is 6. The maximum Gasteiger partial charge on any atom is 0.227 e. The summed E-state index contributed by atoms with van der Waals surface area (Å²) >= 11 is 0. The highest BCUT2D eigenvalue weighted by molar-refractivity contribution is 5.99. The van der Waals surface area contributed by atoms with Crippen LogP contribution in [0.15, 0.2) is 71.9 Å². The standard InChI is InChI=1S/C28H23N7O2/c36-28(16-3-1-2-4-16)31-19-11-18(13-29-14-19)22-5-6-23-25(32-22)26(35-34-23)24-12-21-20(17-8-10-37-15-17)7-9-30-27(21)33-24/h5-16H,1-4H2,(H,30,33)(H,31,36)(H,34,35). The molecule has 6 aromatic heterocycles. The molecule has 1 saturated carbocycles. The van der Waals surface area contributed by atoms with Gasteiger partial charge in [0.15, 0.2) is 0 Å². The van der Waals surface area contributed by atoms with Gasteiger partial charge < -0.3 is 14.7 Å². The number of H-pyrrole nitrogens is 2. The maximum absolute atomic E-state index is 12.6. The first-order valence-electron chi connectivity index (χ1n) is 12.3. The average Bonchev–Trinajstić information content (AvgIpc) is 3.74. The van der Waals surface area contributed by atoms with Crippen LogP contribution in [0.25, 0.3) is 55.8 Å². The normalized spacial score (nSPS) is 14.1. The number of hydrogen-bond acceptors (Lipinski definition) is 6. The van der Waals surface area contributed by atoms with E-state index in [-0.39, 0.29) is 11.8 Å². The molecule has 1 fully saturated rings. The van der Waals surface area contributed by atoms with E-state index in [1.54, 1.807) is 31.1 Å². The smallest absolute Gasteiger partial charge is 0.227 e. The molecule has 0 radical (unpaired) electrons. The number of amides is 1. The lowest BCUT2D eigenvalue weighted by atomic mass is 10.1. The summed E-state index contributed by atoms with van der Waals surface area (Å²) in [5.74, 6) is 0.158. The van der Waals surface area contributed by atoms with Crippen molar-refractivity contribution in [1.82, 2.24) is 30.1 Å². The summed E-state index contributed by atoms with van der Waals surface area (Å²) in [7, 11) is 0. The first-order chi connectivity index (χ1) is 18.2. The van der Waals surface area contributed by atoms with E-state index in [2.05, 4.69) is 30.5 Å². The Bertz CT molecular complexity index is 1740. The molecule has 0 spiro atoms. The molecule has 7 rings (SSSR count). The fraction of sp³-hybridized carbons (Fsp3) is 0.179. The molecule has 0 bridgehead atoms. The molecule has 37 heavy (non-hydrogen) atoms. The van der Waals surface area contributed by atoms with Gasteiger partial charge in [-0.2, -0.15) is 5.10 Å². The minimum absolute atomic E-state index is 0.0687. The van der Waals surface area contributed by atoms with Crippen molar-refractivity contribution in [3.05, 3.63) is 67.5 Å². The monoisotopic (exact) mass is 489 g/mol. The van der Waals surface area contributed by atoms with Gasteiger partial charge in [-0.25, -0.2) is 9.97 Å². The van der Waals surface area contributed by atoms with Crippen LogP contribution in [-0.2, 0) is 4.79 Å². The number of carbonyl (C=O) groups excluding carboxylic acids is 1. The van der Waals surface area contributed by atoms with Crippen molar-refractivity contribution < 1.29 is 9.21 Å². The van der Waals surface area contributed by atoms with Crippen LogP contribution in [-0.4, -0.2) is 36.0 Å². The number of pyridine rings is 3. The highest BCUT2D eigenvalue weighted by Crippen LogP contribution is 2.34. The van der Waals surface area contributed by atoms with Crippen molar-refractivity contribution >= 4 is 33.7 Å². The van der Waals surface area contributed by atoms with Crippen molar-refractivity contribution in [3.63, 3.8) is 0 Å². The van der Waals surface area contributed by atoms with Crippen LogP contribution in [0.1, 0.15) is 25.7 Å². The van der Waals surface area contributed by atoms with Crippen LogP contribution in [0.5, 0.6) is 0 Å². The number of aromatic amines is 2. The highest BCUT2D eigenvalue weighted by atomic mass is 16.3. The first kappa shape index (κ1) is 21.5. The summed E-state index contributed by atoms with van der Waals surface area (Å²) in [6.45, 7) is 0. The zero-order valence-corrected chi connectivity index (χ0v) is 19.9. The summed E-state index contributed by atoms with van der Waals surface area (Å²) in [5.41, 5.74) is 8.07. The Labute approximate surface area is 211 Å². The Morgan fingerprint density at radius 1 is 1.05 bits per heavy atom. The lowest BCUT2D eigenvalue weighted by Gasteiger charge is -2.11. The summed E-state index contributed by atoms with van der Waals surface area (Å²) in [6.07, 6.45) is 12.7. The van der Waals surface area contributed by atoms with Crippen molar-refractivity contribution in [2.45, 2.75) is 25.7 Å². The van der Waals surface area contributed by atoms with Gasteiger partial charge in [-0.1, -0.05) is 12.8 Å². The fourth-order valence-electron chi connectivity index (χ4n) is 5.15. The minimum Gasteiger partial charge on any atom is -0.472 e. The molecular weight excluding hydrogens is 466 g/mol. The number of nitrogens with zero attached hydrogens (tertiary/aromatic N) is 4. The SMILES string of the molecule is O=C(Nc1cncc(-c2ccc3[nH]nc(-c4cc5c(-c6ccoc6)ccnc5[nH]4)c3n2)c1)C1CCCC1. The van der Waals surface area contributed by atoms with E-state index in [4.69, 9.17) is 9.40 Å². The molecule has 0 aliphatic heterocycles. The number of nitrogens with one attached hydrogen (secondary N) is 3. The Hall–Kier alpha value is -4.79. The lowest BCUT2D eigenvalue weighted by molar-refractivity contribution is -0.119. The Morgan fingerprint density at radius 2 is 1.97 bits per heavy atom. The summed E-state index contributed by atoms with van der Waals surface area (Å²) in [5, 5.41) is 11.6. The third-order valence-electron chi connectivity index (χ3n) is 7.05. The molecule has 0 aromatic carbocycles. The predicted octanol–water partition coefficient (Wildman–Crippen LogP) is 5.95. The molecule has 1 aliphatic rings. The Balaban J connectivity index is 1.25. The summed E-state index contributed by atoms with van der Waals surface area (Å²) in [6, 6.07) is 11.7. The van der Waals surface area contributed by atoms with Gasteiger partial charge in [-0.15, -0.1) is 0 Å². The minimum atomic E-state index is 0.0687. The molecule has 6 aromatic rings. The molecule has 9 heteroatoms. The van der Waals surface area contributed by atoms with Gasteiger partial charge >= 0.3 is 0 Å². The molecule has 0 saturated heterocycles. The highest BCUT2D eigenvalue weighted by Gasteiger charge is 2.23. The molecule has 0 atom stereocenters. The second-order valence-corrected chi connectivity index (χ2v) is 9.41. The number of fused-ring (bicyclic) bond motifs is 2. The van der Waals surface area contributed by atoms with Gasteiger partial charge in [-0.05, 0) is 54.8 Å². The van der Waals surface area contributed by atoms with E-state index in [0.717, 1.165) is 75.8 Å². The van der Waals surface area contributed by atoms with Gasteiger partial charge in [-0.3, -0.25) is 14.9 Å². The fourth-order valence-corrected chi connectivity index (χ4v) is 5.15. The number of furan rings is 1. The number of rotatable bonds is 5. The Morgan fingerprint density at radius 3 is 2.84 bits per heavy atom. The van der Waals surface area contributed by atoms with Crippen LogP contribution in [0, 0.1) is 5.92 Å². The maximum atomic E-state index is 12.6. The average molecular weight is 490 g/mol. The van der Waals surface area contributed by atoms with E-state index in [1.807, 2.05) is 36.4 Å². The van der Waals surface area contributed by atoms with Crippen molar-refractivity contribution in [3.8, 4) is 33.8 Å². The van der Waals surface area contributed by atoms with E-state index in [0.29, 0.717) is 11.4 Å². The lowest BCUT2D eigenvalue weighted by Crippen LogP contribution is -2.20. The number of anilines is 1. The van der Waals surface area contributed by atoms with Crippen LogP contribution >= 0.6 is 0 Å². The zero-order valence-electron chi connectivity index (χ0n) is 19.9. The van der Waals surface area contributed by atoms with Gasteiger partial charge in [0.25, 0.3) is 0 Å². The molecule has 9 nitrogen and oxygen atoms in total. The summed E-state index contributed by atoms with van der Waals surface area (Å²) in [4.78, 5) is 29.8. The van der Waals surface area contributed by atoms with Gasteiger partial charge in [0.05, 0.1) is 41.3 Å². The van der Waals surface area contributed by atoms with Gasteiger partial charge in [0, 0.05) is 34.8 Å².